The topological polar surface area (TPSA) is 75.6 Å². The van der Waals surface area contributed by atoms with E-state index in [0.29, 0.717) is 23.0 Å². The van der Waals surface area contributed by atoms with Gasteiger partial charge in [0.25, 0.3) is 0 Å². The maximum absolute atomic E-state index is 9.61. The molecule has 11 rings (SSSR count). The van der Waals surface area contributed by atoms with Gasteiger partial charge in [0.15, 0.2) is 17.5 Å². The van der Waals surface area contributed by atoms with Crippen molar-refractivity contribution in [3.63, 3.8) is 0 Å². The van der Waals surface area contributed by atoms with Crippen LogP contribution in [-0.4, -0.2) is 15.0 Å². The minimum absolute atomic E-state index is 0.531. The Kier molecular flexibility index (Phi) is 9.50. The van der Waals surface area contributed by atoms with E-state index in [2.05, 4.69) is 146 Å². The van der Waals surface area contributed by atoms with Crippen LogP contribution in [0.5, 0.6) is 0 Å². The monoisotopic (exact) mass is 804 g/mol. The number of fused-ring (bicyclic) bond motifs is 3. The van der Waals surface area contributed by atoms with Gasteiger partial charge in [-0.25, -0.2) is 15.0 Å². The summed E-state index contributed by atoms with van der Waals surface area (Å²) in [5.74, 6) is 1.63. The molecular weight excluding hydrogens is 769 g/mol. The molecule has 0 unspecified atom stereocenters. The number of furan rings is 1. The van der Waals surface area contributed by atoms with Crippen molar-refractivity contribution in [1.29, 1.82) is 5.26 Å². The zero-order valence-electron chi connectivity index (χ0n) is 34.0. The molecule has 0 atom stereocenters. The lowest BCUT2D eigenvalue weighted by molar-refractivity contribution is 0.669. The van der Waals surface area contributed by atoms with E-state index < -0.39 is 0 Å². The Labute approximate surface area is 364 Å². The van der Waals surface area contributed by atoms with Crippen molar-refractivity contribution < 1.29 is 4.42 Å². The van der Waals surface area contributed by atoms with Gasteiger partial charge < -0.3 is 4.42 Å². The van der Waals surface area contributed by atoms with Crippen LogP contribution in [0.1, 0.15) is 5.56 Å². The SMILES string of the molecule is N#Cc1cccc(-c2cccc(-c3nc(-c4cccc(-c5ccc(-c6ccccc6)cc5)c4)nc(-c4ccc5c(c4)oc4cccc(-c6ccc(-c7ccccc7)cc6)c45)n3)c2)c1. The Morgan fingerprint density at radius 1 is 0.317 bits per heavy atom. The molecule has 2 aromatic heterocycles. The van der Waals surface area contributed by atoms with Gasteiger partial charge in [0.05, 0.1) is 11.6 Å². The summed E-state index contributed by atoms with van der Waals surface area (Å²) >= 11 is 0. The van der Waals surface area contributed by atoms with Crippen LogP contribution in [0.4, 0.5) is 0 Å². The lowest BCUT2D eigenvalue weighted by Gasteiger charge is -2.11. The van der Waals surface area contributed by atoms with Crippen LogP contribution in [0.2, 0.25) is 0 Å². The van der Waals surface area contributed by atoms with Crippen LogP contribution in [0.25, 0.3) is 112 Å². The van der Waals surface area contributed by atoms with E-state index in [1.165, 1.54) is 22.3 Å². The van der Waals surface area contributed by atoms with Gasteiger partial charge >= 0.3 is 0 Å². The number of nitriles is 1. The van der Waals surface area contributed by atoms with Crippen molar-refractivity contribution in [3.05, 3.63) is 224 Å². The van der Waals surface area contributed by atoms with E-state index in [4.69, 9.17) is 19.4 Å². The number of rotatable bonds is 8. The molecule has 0 radical (unpaired) electrons. The van der Waals surface area contributed by atoms with Gasteiger partial charge in [0.1, 0.15) is 11.2 Å². The van der Waals surface area contributed by atoms with E-state index in [1.807, 2.05) is 78.9 Å². The predicted octanol–water partition coefficient (Wildman–Crippen LogP) is 15.0. The molecule has 0 N–H and O–H groups in total. The van der Waals surface area contributed by atoms with Crippen LogP contribution in [0, 0.1) is 11.3 Å². The van der Waals surface area contributed by atoms with Crippen LogP contribution in [0.3, 0.4) is 0 Å². The van der Waals surface area contributed by atoms with Gasteiger partial charge in [-0.3, -0.25) is 0 Å². The van der Waals surface area contributed by atoms with E-state index in [9.17, 15) is 5.26 Å². The quantitative estimate of drug-likeness (QED) is 0.153. The largest absolute Gasteiger partial charge is 0.456 e. The van der Waals surface area contributed by atoms with Crippen molar-refractivity contribution in [2.24, 2.45) is 0 Å². The zero-order valence-corrected chi connectivity index (χ0v) is 34.0. The number of hydrogen-bond acceptors (Lipinski definition) is 5. The van der Waals surface area contributed by atoms with Gasteiger partial charge in [-0.2, -0.15) is 5.26 Å². The smallest absolute Gasteiger partial charge is 0.164 e. The number of benzene rings is 9. The first-order valence-corrected chi connectivity index (χ1v) is 20.9. The molecule has 9 aromatic carbocycles. The van der Waals surface area contributed by atoms with Gasteiger partial charge in [0, 0.05) is 27.5 Å². The summed E-state index contributed by atoms with van der Waals surface area (Å²) < 4.78 is 6.59. The molecule has 5 nitrogen and oxygen atoms in total. The minimum atomic E-state index is 0.531. The number of hydrogen-bond donors (Lipinski definition) is 0. The van der Waals surface area contributed by atoms with Gasteiger partial charge in [0.2, 0.25) is 0 Å². The predicted molar refractivity (Wildman–Crippen MR) is 255 cm³/mol. The first kappa shape index (κ1) is 37.3. The summed E-state index contributed by atoms with van der Waals surface area (Å²) in [5, 5.41) is 11.7. The van der Waals surface area contributed by atoms with Crippen molar-refractivity contribution in [2.45, 2.75) is 0 Å². The fourth-order valence-corrected chi connectivity index (χ4v) is 8.37. The molecule has 0 spiro atoms. The summed E-state index contributed by atoms with van der Waals surface area (Å²) in [6.45, 7) is 0. The average Bonchev–Trinajstić information content (AvgIpc) is 3.75. The molecule has 0 amide bonds. The Balaban J connectivity index is 1.01. The standard InChI is InChI=1S/C58H36N4O/c59-37-38-11-7-16-45(33-38)47-18-9-20-49(35-47)57-60-56(48-19-8-17-46(34-48)43-25-23-41(24-26-43)39-12-3-1-4-13-39)61-58(62-57)50-31-32-52-54(36-50)63-53-22-10-21-51(55(52)53)44-29-27-42(28-30-44)40-14-5-2-6-15-40/h1-36H. The minimum Gasteiger partial charge on any atom is -0.456 e. The first-order chi connectivity index (χ1) is 31.1. The second kappa shape index (κ2) is 16.0. The summed E-state index contributed by atoms with van der Waals surface area (Å²) in [7, 11) is 0. The zero-order chi connectivity index (χ0) is 42.1. The summed E-state index contributed by atoms with van der Waals surface area (Å²) in [6.07, 6.45) is 0. The van der Waals surface area contributed by atoms with Gasteiger partial charge in [-0.15, -0.1) is 0 Å². The Morgan fingerprint density at radius 2 is 0.730 bits per heavy atom. The molecule has 11 aromatic rings. The highest BCUT2D eigenvalue weighted by Gasteiger charge is 2.18. The molecule has 0 aliphatic heterocycles. The highest BCUT2D eigenvalue weighted by atomic mass is 16.3. The molecule has 0 bridgehead atoms. The molecule has 0 saturated heterocycles. The van der Waals surface area contributed by atoms with Crippen molar-refractivity contribution in [1.82, 2.24) is 15.0 Å². The lowest BCUT2D eigenvalue weighted by Crippen LogP contribution is -2.00. The fourth-order valence-electron chi connectivity index (χ4n) is 8.37. The third-order valence-corrected chi connectivity index (χ3v) is 11.6. The Morgan fingerprint density at radius 3 is 1.30 bits per heavy atom. The van der Waals surface area contributed by atoms with Crippen LogP contribution in [0.15, 0.2) is 223 Å². The highest BCUT2D eigenvalue weighted by molar-refractivity contribution is 6.13. The normalized spacial score (nSPS) is 11.2. The Hall–Kier alpha value is -8.72. The molecule has 5 heteroatoms. The molecule has 0 fully saturated rings. The van der Waals surface area contributed by atoms with E-state index in [0.717, 1.165) is 72.0 Å². The van der Waals surface area contributed by atoms with Crippen molar-refractivity contribution in [2.75, 3.05) is 0 Å². The Bertz CT molecular complexity index is 3500. The molecule has 294 valence electrons. The molecule has 0 aliphatic rings. The molecule has 2 heterocycles. The summed E-state index contributed by atoms with van der Waals surface area (Å²) in [6, 6.07) is 77.0. The highest BCUT2D eigenvalue weighted by Crippen LogP contribution is 2.39. The van der Waals surface area contributed by atoms with Crippen LogP contribution >= 0.6 is 0 Å². The second-order valence-corrected chi connectivity index (χ2v) is 15.5. The molecule has 0 saturated carbocycles. The lowest BCUT2D eigenvalue weighted by atomic mass is 9.96. The van der Waals surface area contributed by atoms with Crippen molar-refractivity contribution >= 4 is 21.9 Å². The van der Waals surface area contributed by atoms with Gasteiger partial charge in [-0.1, -0.05) is 176 Å². The van der Waals surface area contributed by atoms with Crippen LogP contribution < -0.4 is 0 Å². The van der Waals surface area contributed by atoms with Crippen molar-refractivity contribution in [3.8, 4) is 95.9 Å². The van der Waals surface area contributed by atoms with Crippen LogP contribution in [-0.2, 0) is 0 Å². The summed E-state index contributed by atoms with van der Waals surface area (Å²) in [5.41, 5.74) is 15.7. The maximum Gasteiger partial charge on any atom is 0.164 e. The summed E-state index contributed by atoms with van der Waals surface area (Å²) in [4.78, 5) is 15.4. The fraction of sp³-hybridized carbons (Fsp3) is 0. The maximum atomic E-state index is 9.61. The molecule has 63 heavy (non-hydrogen) atoms. The molecule has 0 aliphatic carbocycles. The first-order valence-electron chi connectivity index (χ1n) is 20.9. The third kappa shape index (κ3) is 7.33. The van der Waals surface area contributed by atoms with E-state index >= 15 is 0 Å². The third-order valence-electron chi connectivity index (χ3n) is 11.6. The van der Waals surface area contributed by atoms with E-state index in [-0.39, 0.29) is 0 Å². The molecular formula is C58H36N4O. The van der Waals surface area contributed by atoms with Gasteiger partial charge in [-0.05, 0) is 98.1 Å². The second-order valence-electron chi connectivity index (χ2n) is 15.5. The number of aromatic nitrogens is 3. The van der Waals surface area contributed by atoms with E-state index in [1.54, 1.807) is 0 Å². The number of nitrogens with zero attached hydrogens (tertiary/aromatic N) is 4. The average molecular weight is 805 g/mol.